The summed E-state index contributed by atoms with van der Waals surface area (Å²) >= 11 is 4.25. The third-order valence-electron chi connectivity index (χ3n) is 6.37. The standard InChI is InChI=1S/C27H28BrN3O7S/c1-16-17(2)20(6-5-19(16)28)29-24(32)15-38-21-7-4-18(12-22(21)36-3)13-23-26(34)31(27(35)39-23)14-25(33)30-8-10-37-11-9-30/h4-7,12-13H,8-11,14-15H2,1-3H3,(H,29,32)/b23-13+. The Bertz CT molecular complexity index is 1340. The van der Waals surface area contributed by atoms with Crippen molar-refractivity contribution in [2.75, 3.05) is 51.9 Å². The number of nitrogens with one attached hydrogen (secondary N) is 1. The van der Waals surface area contributed by atoms with Gasteiger partial charge in [-0.15, -0.1) is 0 Å². The van der Waals surface area contributed by atoms with Gasteiger partial charge in [0.05, 0.1) is 25.2 Å². The van der Waals surface area contributed by atoms with Gasteiger partial charge in [0.2, 0.25) is 5.91 Å². The molecular formula is C27H28BrN3O7S. The van der Waals surface area contributed by atoms with Gasteiger partial charge in [0.1, 0.15) is 6.54 Å². The number of nitrogens with zero attached hydrogens (tertiary/aromatic N) is 2. The fourth-order valence-corrected chi connectivity index (χ4v) is 5.25. The van der Waals surface area contributed by atoms with Crippen molar-refractivity contribution >= 4 is 62.4 Å². The van der Waals surface area contributed by atoms with E-state index in [1.807, 2.05) is 26.0 Å². The fourth-order valence-electron chi connectivity index (χ4n) is 3.98. The van der Waals surface area contributed by atoms with E-state index in [0.29, 0.717) is 49.1 Å². The average molecular weight is 619 g/mol. The van der Waals surface area contributed by atoms with Crippen LogP contribution in [0.15, 0.2) is 39.7 Å². The quantitative estimate of drug-likeness (QED) is 0.442. The number of benzene rings is 2. The van der Waals surface area contributed by atoms with Crippen LogP contribution in [0.25, 0.3) is 6.08 Å². The number of halogens is 1. The molecule has 2 aliphatic rings. The molecule has 2 aromatic rings. The highest BCUT2D eigenvalue weighted by Crippen LogP contribution is 2.34. The Labute approximate surface area is 238 Å². The van der Waals surface area contributed by atoms with E-state index in [1.165, 1.54) is 7.11 Å². The average Bonchev–Trinajstić information content (AvgIpc) is 3.20. The van der Waals surface area contributed by atoms with E-state index < -0.39 is 11.1 Å². The normalized spacial score (nSPS) is 16.6. The molecule has 4 amide bonds. The van der Waals surface area contributed by atoms with Crippen molar-refractivity contribution in [1.82, 2.24) is 9.80 Å². The van der Waals surface area contributed by atoms with Gasteiger partial charge in [-0.2, -0.15) is 0 Å². The summed E-state index contributed by atoms with van der Waals surface area (Å²) in [7, 11) is 1.46. The van der Waals surface area contributed by atoms with Crippen molar-refractivity contribution in [3.05, 3.63) is 56.4 Å². The maximum absolute atomic E-state index is 12.9. The molecule has 0 radical (unpaired) electrons. The number of rotatable bonds is 8. The number of thioether (sulfide) groups is 1. The first-order chi connectivity index (χ1) is 18.7. The number of carbonyl (C=O) groups is 4. The van der Waals surface area contributed by atoms with Gasteiger partial charge in [0, 0.05) is 23.2 Å². The lowest BCUT2D eigenvalue weighted by atomic mass is 10.1. The van der Waals surface area contributed by atoms with Gasteiger partial charge in [-0.1, -0.05) is 22.0 Å². The zero-order chi connectivity index (χ0) is 28.1. The molecule has 0 aromatic heterocycles. The van der Waals surface area contributed by atoms with E-state index in [9.17, 15) is 19.2 Å². The molecule has 0 saturated carbocycles. The topological polar surface area (TPSA) is 114 Å². The summed E-state index contributed by atoms with van der Waals surface area (Å²) in [5, 5.41) is 2.35. The van der Waals surface area contributed by atoms with Crippen LogP contribution < -0.4 is 14.8 Å². The van der Waals surface area contributed by atoms with Crippen LogP contribution in [0, 0.1) is 13.8 Å². The van der Waals surface area contributed by atoms with Gasteiger partial charge in [-0.25, -0.2) is 0 Å². The van der Waals surface area contributed by atoms with Crippen LogP contribution in [0.2, 0.25) is 0 Å². The number of hydrogen-bond donors (Lipinski definition) is 1. The summed E-state index contributed by atoms with van der Waals surface area (Å²) in [5.41, 5.74) is 3.28. The van der Waals surface area contributed by atoms with Gasteiger partial charge in [0.25, 0.3) is 17.1 Å². The minimum atomic E-state index is -0.527. The van der Waals surface area contributed by atoms with Crippen molar-refractivity contribution in [2.45, 2.75) is 13.8 Å². The summed E-state index contributed by atoms with van der Waals surface area (Å²) in [4.78, 5) is 53.1. The van der Waals surface area contributed by atoms with E-state index in [4.69, 9.17) is 14.2 Å². The van der Waals surface area contributed by atoms with Gasteiger partial charge in [0.15, 0.2) is 18.1 Å². The lowest BCUT2D eigenvalue weighted by Gasteiger charge is -2.28. The van der Waals surface area contributed by atoms with Crippen LogP contribution in [0.4, 0.5) is 10.5 Å². The fraction of sp³-hybridized carbons (Fsp3) is 0.333. The van der Waals surface area contributed by atoms with Crippen molar-refractivity contribution in [2.24, 2.45) is 0 Å². The predicted molar refractivity (Wildman–Crippen MR) is 151 cm³/mol. The monoisotopic (exact) mass is 617 g/mol. The third kappa shape index (κ3) is 6.81. The van der Waals surface area contributed by atoms with Crippen molar-refractivity contribution in [3.63, 3.8) is 0 Å². The Balaban J connectivity index is 1.39. The smallest absolute Gasteiger partial charge is 0.294 e. The van der Waals surface area contributed by atoms with Gasteiger partial charge < -0.3 is 24.4 Å². The lowest BCUT2D eigenvalue weighted by Crippen LogP contribution is -2.46. The predicted octanol–water partition coefficient (Wildman–Crippen LogP) is 3.99. The minimum Gasteiger partial charge on any atom is -0.493 e. The molecule has 2 aliphatic heterocycles. The molecule has 2 heterocycles. The van der Waals surface area contributed by atoms with E-state index in [0.717, 1.165) is 32.3 Å². The first-order valence-corrected chi connectivity index (χ1v) is 13.8. The minimum absolute atomic E-state index is 0.199. The third-order valence-corrected chi connectivity index (χ3v) is 8.14. The number of amides is 4. The summed E-state index contributed by atoms with van der Waals surface area (Å²) in [6.07, 6.45) is 1.56. The first kappa shape index (κ1) is 28.7. The second kappa shape index (κ2) is 12.7. The molecule has 0 aliphatic carbocycles. The Morgan fingerprint density at radius 3 is 2.56 bits per heavy atom. The Kier molecular flexibility index (Phi) is 9.31. The number of hydrogen-bond acceptors (Lipinski definition) is 8. The molecule has 206 valence electrons. The number of anilines is 1. The Hall–Kier alpha value is -3.35. The summed E-state index contributed by atoms with van der Waals surface area (Å²) in [5.74, 6) is -0.446. The SMILES string of the molecule is COc1cc(/C=C2/SC(=O)N(CC(=O)N3CCOCC3)C2=O)ccc1OCC(=O)Nc1ccc(Br)c(C)c1C. The van der Waals surface area contributed by atoms with E-state index in [1.54, 1.807) is 29.2 Å². The molecular weight excluding hydrogens is 590 g/mol. The molecule has 12 heteroatoms. The highest BCUT2D eigenvalue weighted by atomic mass is 79.9. The maximum atomic E-state index is 12.9. The molecule has 0 unspecified atom stereocenters. The van der Waals surface area contributed by atoms with Crippen LogP contribution >= 0.6 is 27.7 Å². The van der Waals surface area contributed by atoms with E-state index >= 15 is 0 Å². The van der Waals surface area contributed by atoms with Gasteiger partial charge in [-0.05, 0) is 72.6 Å². The van der Waals surface area contributed by atoms with Crippen LogP contribution in [-0.4, -0.2) is 79.3 Å². The Morgan fingerprint density at radius 1 is 1.10 bits per heavy atom. The van der Waals surface area contributed by atoms with Gasteiger partial charge >= 0.3 is 0 Å². The second-order valence-electron chi connectivity index (χ2n) is 8.85. The molecule has 0 spiro atoms. The highest BCUT2D eigenvalue weighted by molar-refractivity contribution is 9.10. The maximum Gasteiger partial charge on any atom is 0.294 e. The zero-order valence-corrected chi connectivity index (χ0v) is 24.1. The molecule has 10 nitrogen and oxygen atoms in total. The van der Waals surface area contributed by atoms with E-state index in [2.05, 4.69) is 21.2 Å². The summed E-state index contributed by atoms with van der Waals surface area (Å²) in [6.45, 7) is 5.08. The number of imide groups is 1. The number of morpholine rings is 1. The molecule has 1 N–H and O–H groups in total. The van der Waals surface area contributed by atoms with Crippen LogP contribution in [0.5, 0.6) is 11.5 Å². The largest absolute Gasteiger partial charge is 0.493 e. The number of methoxy groups -OCH3 is 1. The van der Waals surface area contributed by atoms with Crippen LogP contribution in [-0.2, 0) is 19.1 Å². The zero-order valence-electron chi connectivity index (χ0n) is 21.7. The highest BCUT2D eigenvalue weighted by Gasteiger charge is 2.37. The van der Waals surface area contributed by atoms with Crippen LogP contribution in [0.3, 0.4) is 0 Å². The van der Waals surface area contributed by atoms with Gasteiger partial charge in [-0.3, -0.25) is 24.1 Å². The molecule has 0 atom stereocenters. The number of ether oxygens (including phenoxy) is 3. The summed E-state index contributed by atoms with van der Waals surface area (Å²) < 4.78 is 17.3. The second-order valence-corrected chi connectivity index (χ2v) is 10.7. The Morgan fingerprint density at radius 2 is 1.85 bits per heavy atom. The summed E-state index contributed by atoms with van der Waals surface area (Å²) in [6, 6.07) is 8.64. The lowest BCUT2D eigenvalue weighted by molar-refractivity contribution is -0.139. The van der Waals surface area contributed by atoms with E-state index in [-0.39, 0.29) is 29.9 Å². The van der Waals surface area contributed by atoms with Crippen molar-refractivity contribution in [3.8, 4) is 11.5 Å². The molecule has 4 rings (SSSR count). The molecule has 2 fully saturated rings. The van der Waals surface area contributed by atoms with Crippen molar-refractivity contribution in [1.29, 1.82) is 0 Å². The van der Waals surface area contributed by atoms with Crippen LogP contribution in [0.1, 0.15) is 16.7 Å². The first-order valence-electron chi connectivity index (χ1n) is 12.1. The molecule has 2 aromatic carbocycles. The molecule has 39 heavy (non-hydrogen) atoms. The molecule has 2 saturated heterocycles. The van der Waals surface area contributed by atoms with Crippen molar-refractivity contribution < 1.29 is 33.4 Å². The molecule has 0 bridgehead atoms. The number of carbonyl (C=O) groups excluding carboxylic acids is 4.